The summed E-state index contributed by atoms with van der Waals surface area (Å²) in [4.78, 5) is 22.0. The number of aromatic nitrogens is 2. The van der Waals surface area contributed by atoms with Crippen molar-refractivity contribution in [1.29, 1.82) is 0 Å². The molecule has 0 radical (unpaired) electrons. The Labute approximate surface area is 131 Å². The van der Waals surface area contributed by atoms with Crippen molar-refractivity contribution in [1.82, 2.24) is 9.97 Å². The normalized spacial score (nSPS) is 21.1. The Kier molecular flexibility index (Phi) is 4.05. The zero-order valence-corrected chi connectivity index (χ0v) is 13.8. The van der Waals surface area contributed by atoms with Crippen molar-refractivity contribution in [3.05, 3.63) is 16.1 Å². The number of hydrogen-bond donors (Lipinski definition) is 1. The Morgan fingerprint density at radius 1 is 1.38 bits per heavy atom. The molecule has 1 fully saturated rings. The molecule has 0 unspecified atom stereocenters. The van der Waals surface area contributed by atoms with Gasteiger partial charge in [0.25, 0.3) is 0 Å². The van der Waals surface area contributed by atoms with Gasteiger partial charge in [0.1, 0.15) is 0 Å². The average Bonchev–Trinajstić information content (AvgIpc) is 2.94. The number of ether oxygens (including phenoxy) is 1. The van der Waals surface area contributed by atoms with Gasteiger partial charge in [-0.15, -0.1) is 22.7 Å². The molecule has 112 valence electrons. The third kappa shape index (κ3) is 3.00. The third-order valence-corrected chi connectivity index (χ3v) is 5.52. The number of nitrogens with zero attached hydrogens (tertiary/aromatic N) is 2. The topological polar surface area (TPSA) is 64.1 Å². The van der Waals surface area contributed by atoms with Gasteiger partial charge in [-0.2, -0.15) is 0 Å². The second-order valence-electron chi connectivity index (χ2n) is 5.20. The van der Waals surface area contributed by atoms with Gasteiger partial charge >= 0.3 is 0 Å². The highest BCUT2D eigenvalue weighted by Gasteiger charge is 2.34. The maximum atomic E-state index is 12.1. The molecule has 1 saturated carbocycles. The van der Waals surface area contributed by atoms with Crippen LogP contribution in [0.15, 0.2) is 5.38 Å². The summed E-state index contributed by atoms with van der Waals surface area (Å²) in [5.41, 5.74) is 1.88. The summed E-state index contributed by atoms with van der Waals surface area (Å²) in [5, 5.41) is 6.55. The fraction of sp³-hybridized carbons (Fsp3) is 0.500. The molecule has 1 aliphatic carbocycles. The second kappa shape index (κ2) is 5.82. The van der Waals surface area contributed by atoms with Crippen LogP contribution in [0.2, 0.25) is 0 Å². The van der Waals surface area contributed by atoms with Crippen molar-refractivity contribution < 1.29 is 9.53 Å². The Morgan fingerprint density at radius 3 is 2.76 bits per heavy atom. The Morgan fingerprint density at radius 2 is 2.14 bits per heavy atom. The number of anilines is 1. The van der Waals surface area contributed by atoms with Gasteiger partial charge in [0.05, 0.1) is 27.4 Å². The van der Waals surface area contributed by atoms with E-state index >= 15 is 0 Å². The standard InChI is InChI=1S/C14H17N3O2S2/c1-7-12(21-8(2)15-7)11-6-20-14(16-11)17-13(18)9-4-10(5-9)19-3/h6,9-10H,4-5H2,1-3H3,(H,16,17,18). The van der Waals surface area contributed by atoms with Crippen LogP contribution in [0.3, 0.4) is 0 Å². The third-order valence-electron chi connectivity index (χ3n) is 3.67. The SMILES string of the molecule is COC1CC(C(=O)Nc2nc(-c3sc(C)nc3C)cs2)C1. The minimum atomic E-state index is 0.0430. The molecule has 0 atom stereocenters. The van der Waals surface area contributed by atoms with Crippen LogP contribution in [-0.4, -0.2) is 29.1 Å². The lowest BCUT2D eigenvalue weighted by Crippen LogP contribution is -2.38. The van der Waals surface area contributed by atoms with E-state index in [2.05, 4.69) is 15.3 Å². The number of carbonyl (C=O) groups is 1. The smallest absolute Gasteiger partial charge is 0.229 e. The monoisotopic (exact) mass is 323 g/mol. The number of rotatable bonds is 4. The number of thiazole rings is 2. The largest absolute Gasteiger partial charge is 0.381 e. The zero-order valence-electron chi connectivity index (χ0n) is 12.2. The molecule has 2 aromatic heterocycles. The summed E-state index contributed by atoms with van der Waals surface area (Å²) < 4.78 is 5.20. The number of hydrogen-bond acceptors (Lipinski definition) is 6. The molecular weight excluding hydrogens is 306 g/mol. The summed E-state index contributed by atoms with van der Waals surface area (Å²) in [6.07, 6.45) is 1.83. The Balaban J connectivity index is 1.66. The van der Waals surface area contributed by atoms with E-state index in [1.54, 1.807) is 18.4 Å². The molecule has 0 aromatic carbocycles. The van der Waals surface area contributed by atoms with Crippen LogP contribution >= 0.6 is 22.7 Å². The van der Waals surface area contributed by atoms with E-state index in [0.717, 1.165) is 34.1 Å². The maximum Gasteiger partial charge on any atom is 0.229 e. The van der Waals surface area contributed by atoms with Crippen LogP contribution in [0.1, 0.15) is 23.5 Å². The predicted molar refractivity (Wildman–Crippen MR) is 84.8 cm³/mol. The molecule has 7 heteroatoms. The molecule has 0 aliphatic heterocycles. The first-order chi connectivity index (χ1) is 10.1. The summed E-state index contributed by atoms with van der Waals surface area (Å²) in [6, 6.07) is 0. The van der Waals surface area contributed by atoms with Crippen LogP contribution in [0.25, 0.3) is 10.6 Å². The highest BCUT2D eigenvalue weighted by Crippen LogP contribution is 2.34. The fourth-order valence-electron chi connectivity index (χ4n) is 2.38. The molecule has 0 saturated heterocycles. The van der Waals surface area contributed by atoms with Crippen LogP contribution in [0.4, 0.5) is 5.13 Å². The minimum Gasteiger partial charge on any atom is -0.381 e. The highest BCUT2D eigenvalue weighted by atomic mass is 32.1. The highest BCUT2D eigenvalue weighted by molar-refractivity contribution is 7.16. The average molecular weight is 323 g/mol. The van der Waals surface area contributed by atoms with Gasteiger partial charge in [0, 0.05) is 18.4 Å². The number of carbonyl (C=O) groups excluding carboxylic acids is 1. The Bertz CT molecular complexity index is 659. The van der Waals surface area contributed by atoms with Gasteiger partial charge in [0.15, 0.2) is 5.13 Å². The molecule has 0 bridgehead atoms. The first-order valence-corrected chi connectivity index (χ1v) is 8.50. The lowest BCUT2D eigenvalue weighted by molar-refractivity contribution is -0.127. The lowest BCUT2D eigenvalue weighted by atomic mass is 9.82. The van der Waals surface area contributed by atoms with Crippen molar-refractivity contribution in [2.75, 3.05) is 12.4 Å². The van der Waals surface area contributed by atoms with Crippen LogP contribution in [-0.2, 0) is 9.53 Å². The molecule has 0 spiro atoms. The van der Waals surface area contributed by atoms with E-state index in [4.69, 9.17) is 4.74 Å². The zero-order chi connectivity index (χ0) is 15.0. The molecule has 3 rings (SSSR count). The molecule has 2 heterocycles. The van der Waals surface area contributed by atoms with Gasteiger partial charge in [0.2, 0.25) is 5.91 Å². The van der Waals surface area contributed by atoms with Gasteiger partial charge < -0.3 is 10.1 Å². The van der Waals surface area contributed by atoms with Crippen LogP contribution in [0, 0.1) is 19.8 Å². The Hall–Kier alpha value is -1.31. The van der Waals surface area contributed by atoms with Crippen molar-refractivity contribution in [2.24, 2.45) is 5.92 Å². The molecule has 5 nitrogen and oxygen atoms in total. The predicted octanol–water partition coefficient (Wildman–Crippen LogP) is 3.25. The number of methoxy groups -OCH3 is 1. The summed E-state index contributed by atoms with van der Waals surface area (Å²) >= 11 is 3.08. The van der Waals surface area contributed by atoms with Crippen molar-refractivity contribution in [2.45, 2.75) is 32.8 Å². The van der Waals surface area contributed by atoms with E-state index in [-0.39, 0.29) is 17.9 Å². The summed E-state index contributed by atoms with van der Waals surface area (Å²) in [5.74, 6) is 0.0936. The van der Waals surface area contributed by atoms with Crippen molar-refractivity contribution in [3.8, 4) is 10.6 Å². The molecule has 21 heavy (non-hydrogen) atoms. The van der Waals surface area contributed by atoms with Crippen LogP contribution in [0.5, 0.6) is 0 Å². The lowest BCUT2D eigenvalue weighted by Gasteiger charge is -2.32. The summed E-state index contributed by atoms with van der Waals surface area (Å²) in [7, 11) is 1.69. The summed E-state index contributed by atoms with van der Waals surface area (Å²) in [6.45, 7) is 3.97. The van der Waals surface area contributed by atoms with Crippen molar-refractivity contribution in [3.63, 3.8) is 0 Å². The second-order valence-corrected chi connectivity index (χ2v) is 7.26. The molecule has 1 aliphatic rings. The maximum absolute atomic E-state index is 12.1. The van der Waals surface area contributed by atoms with E-state index in [1.807, 2.05) is 19.2 Å². The van der Waals surface area contributed by atoms with E-state index in [1.165, 1.54) is 11.3 Å². The first kappa shape index (κ1) is 14.6. The van der Waals surface area contributed by atoms with E-state index < -0.39 is 0 Å². The number of nitrogens with one attached hydrogen (secondary N) is 1. The van der Waals surface area contributed by atoms with Crippen LogP contribution < -0.4 is 5.32 Å². The van der Waals surface area contributed by atoms with Crippen molar-refractivity contribution >= 4 is 33.7 Å². The molecule has 1 amide bonds. The quantitative estimate of drug-likeness (QED) is 0.938. The molecule has 1 N–H and O–H groups in total. The van der Waals surface area contributed by atoms with E-state index in [0.29, 0.717) is 5.13 Å². The van der Waals surface area contributed by atoms with Gasteiger partial charge in [-0.1, -0.05) is 0 Å². The molecular formula is C14H17N3O2S2. The minimum absolute atomic E-state index is 0.0430. The van der Waals surface area contributed by atoms with Gasteiger partial charge in [-0.3, -0.25) is 4.79 Å². The van der Waals surface area contributed by atoms with Gasteiger partial charge in [-0.05, 0) is 26.7 Å². The number of aryl methyl sites for hydroxylation is 2. The number of amides is 1. The van der Waals surface area contributed by atoms with E-state index in [9.17, 15) is 4.79 Å². The first-order valence-electron chi connectivity index (χ1n) is 6.80. The molecule has 2 aromatic rings. The fourth-order valence-corrected chi connectivity index (χ4v) is 4.04. The van der Waals surface area contributed by atoms with Gasteiger partial charge in [-0.25, -0.2) is 9.97 Å².